The monoisotopic (exact) mass is 655 g/mol. The number of fused-ring (bicyclic) bond motifs is 1. The molecule has 0 aliphatic carbocycles. The van der Waals surface area contributed by atoms with Crippen molar-refractivity contribution < 1.29 is 28.6 Å². The lowest BCUT2D eigenvalue weighted by Gasteiger charge is -2.24. The first-order chi connectivity index (χ1) is 22.5. The third-order valence-corrected chi connectivity index (χ3v) is 9.80. The molecule has 1 aliphatic rings. The fourth-order valence-corrected chi connectivity index (χ4v) is 7.16. The van der Waals surface area contributed by atoms with Gasteiger partial charge in [0.05, 0.1) is 25.3 Å². The van der Waals surface area contributed by atoms with Crippen molar-refractivity contribution in [2.45, 2.75) is 48.7 Å². The number of ether oxygens (including phenoxy) is 2. The number of ketones is 1. The van der Waals surface area contributed by atoms with E-state index in [4.69, 9.17) is 13.9 Å². The number of hydrogen-bond acceptors (Lipinski definition) is 10. The summed E-state index contributed by atoms with van der Waals surface area (Å²) in [4.78, 5) is 29.1. The highest BCUT2D eigenvalue weighted by molar-refractivity contribution is 8.00. The van der Waals surface area contributed by atoms with Crippen molar-refractivity contribution in [2.75, 3.05) is 18.6 Å². The number of methoxy groups -OCH3 is 1. The van der Waals surface area contributed by atoms with Crippen LogP contribution < -0.4 is 14.4 Å². The first kappa shape index (κ1) is 31.4. The average Bonchev–Trinajstić information content (AvgIpc) is 3.80. The van der Waals surface area contributed by atoms with Gasteiger partial charge in [-0.25, -0.2) is 0 Å². The first-order valence-electron chi connectivity index (χ1n) is 15.1. The van der Waals surface area contributed by atoms with Crippen LogP contribution in [0, 0.1) is 0 Å². The van der Waals surface area contributed by atoms with Gasteiger partial charge in [0.25, 0.3) is 5.91 Å². The second-order valence-corrected chi connectivity index (χ2v) is 12.9. The molecule has 46 heavy (non-hydrogen) atoms. The molecule has 3 aromatic carbocycles. The summed E-state index contributed by atoms with van der Waals surface area (Å²) >= 11 is 2.72. The number of carbonyl (C=O) groups excluding carboxylic acids is 2. The Bertz CT molecular complexity index is 1870. The molecule has 3 heterocycles. The van der Waals surface area contributed by atoms with Crippen LogP contribution in [-0.4, -0.2) is 40.7 Å². The number of nitrogens with zero attached hydrogens (tertiary/aromatic N) is 3. The van der Waals surface area contributed by atoms with Crippen LogP contribution >= 0.6 is 23.1 Å². The molecule has 0 spiro atoms. The van der Waals surface area contributed by atoms with Gasteiger partial charge in [0.1, 0.15) is 5.75 Å². The minimum atomic E-state index is -0.978. The summed E-state index contributed by atoms with van der Waals surface area (Å²) in [6.07, 6.45) is 4.37. The summed E-state index contributed by atoms with van der Waals surface area (Å²) in [7, 11) is 1.52. The van der Waals surface area contributed by atoms with E-state index in [0.29, 0.717) is 44.7 Å². The molecule has 9 nitrogen and oxygen atoms in total. The predicted molar refractivity (Wildman–Crippen MR) is 179 cm³/mol. The normalized spacial score (nSPS) is 14.8. The van der Waals surface area contributed by atoms with Gasteiger partial charge in [0.15, 0.2) is 27.2 Å². The Balaban J connectivity index is 1.32. The molecule has 0 radical (unpaired) electrons. The number of unbranched alkanes of at least 4 members (excludes halogenated alkanes) is 3. The number of furan rings is 1. The number of amides is 1. The first-order valence-corrected chi connectivity index (χ1v) is 16.9. The van der Waals surface area contributed by atoms with Crippen LogP contribution in [0.3, 0.4) is 0 Å². The zero-order chi connectivity index (χ0) is 32.0. The Hall–Kier alpha value is -4.61. The molecule has 11 heteroatoms. The molecule has 0 saturated heterocycles. The van der Waals surface area contributed by atoms with Crippen LogP contribution in [0.1, 0.15) is 60.3 Å². The second-order valence-electron chi connectivity index (χ2n) is 10.8. The van der Waals surface area contributed by atoms with E-state index < -0.39 is 23.5 Å². The maximum Gasteiger partial charge on any atom is 0.296 e. The van der Waals surface area contributed by atoms with Crippen LogP contribution in [0.2, 0.25) is 0 Å². The Morgan fingerprint density at radius 2 is 1.83 bits per heavy atom. The minimum Gasteiger partial charge on any atom is -0.503 e. The zero-order valence-corrected chi connectivity index (χ0v) is 27.1. The highest BCUT2D eigenvalue weighted by Gasteiger charge is 2.47. The van der Waals surface area contributed by atoms with E-state index in [0.717, 1.165) is 31.2 Å². The highest BCUT2D eigenvalue weighted by atomic mass is 32.2. The van der Waals surface area contributed by atoms with Gasteiger partial charge in [-0.3, -0.25) is 14.5 Å². The molecule has 236 valence electrons. The number of aliphatic hydroxyl groups is 1. The van der Waals surface area contributed by atoms with E-state index in [2.05, 4.69) is 17.1 Å². The molecule has 2 aromatic heterocycles. The number of carbonyl (C=O) groups is 2. The molecule has 0 fully saturated rings. The summed E-state index contributed by atoms with van der Waals surface area (Å²) in [6, 6.07) is 23.1. The van der Waals surface area contributed by atoms with Crippen LogP contribution in [0.4, 0.5) is 5.13 Å². The van der Waals surface area contributed by atoms with Crippen LogP contribution in [0.15, 0.2) is 99.0 Å². The molecule has 1 unspecified atom stereocenters. The van der Waals surface area contributed by atoms with Gasteiger partial charge in [-0.15, -0.1) is 10.2 Å². The van der Waals surface area contributed by atoms with Crippen molar-refractivity contribution in [1.82, 2.24) is 10.2 Å². The van der Waals surface area contributed by atoms with Crippen LogP contribution in [-0.2, 0) is 10.5 Å². The standard InChI is InChI=1S/C35H33N3O6S2/c1-3-4-5-9-19-43-25-17-15-23(16-18-25)29-28(30(39)27-20-24-13-10-14-26(42-2)32(24)44-27)31(40)33(41)38(29)34-36-37-35(46-34)45-21-22-11-7-6-8-12-22/h6-8,10-18,20,29,40H,3-5,9,19,21H2,1-2H3. The Morgan fingerprint density at radius 1 is 1.02 bits per heavy atom. The lowest BCUT2D eigenvalue weighted by molar-refractivity contribution is -0.117. The third kappa shape index (κ3) is 6.52. The average molecular weight is 656 g/mol. The Kier molecular flexibility index (Phi) is 9.70. The van der Waals surface area contributed by atoms with E-state index in [1.807, 2.05) is 42.5 Å². The fourth-order valence-electron chi connectivity index (χ4n) is 5.33. The summed E-state index contributed by atoms with van der Waals surface area (Å²) in [6.45, 7) is 2.76. The number of aromatic nitrogens is 2. The van der Waals surface area contributed by atoms with Crippen molar-refractivity contribution in [3.63, 3.8) is 0 Å². The van der Waals surface area contributed by atoms with E-state index in [1.54, 1.807) is 36.4 Å². The molecule has 1 amide bonds. The van der Waals surface area contributed by atoms with Crippen LogP contribution in [0.25, 0.3) is 11.0 Å². The van der Waals surface area contributed by atoms with Gasteiger partial charge in [0, 0.05) is 11.1 Å². The van der Waals surface area contributed by atoms with Crippen molar-refractivity contribution in [1.29, 1.82) is 0 Å². The zero-order valence-electron chi connectivity index (χ0n) is 25.5. The van der Waals surface area contributed by atoms with Crippen LogP contribution in [0.5, 0.6) is 11.5 Å². The summed E-state index contributed by atoms with van der Waals surface area (Å²) in [5.41, 5.74) is 2.02. The minimum absolute atomic E-state index is 0.0240. The molecule has 1 N–H and O–H groups in total. The number of para-hydroxylation sites is 1. The molecule has 1 atom stereocenters. The van der Waals surface area contributed by atoms with Crippen molar-refractivity contribution in [3.05, 3.63) is 107 Å². The summed E-state index contributed by atoms with van der Waals surface area (Å²) in [5.74, 6) is -0.219. The van der Waals surface area contributed by atoms with Gasteiger partial charge in [-0.1, -0.05) is 104 Å². The number of anilines is 1. The number of thioether (sulfide) groups is 1. The quantitative estimate of drug-likeness (QED) is 0.0546. The topological polar surface area (TPSA) is 115 Å². The Morgan fingerprint density at radius 3 is 2.59 bits per heavy atom. The van der Waals surface area contributed by atoms with Gasteiger partial charge in [-0.2, -0.15) is 0 Å². The van der Waals surface area contributed by atoms with E-state index in [9.17, 15) is 14.7 Å². The predicted octanol–water partition coefficient (Wildman–Crippen LogP) is 8.33. The lowest BCUT2D eigenvalue weighted by Crippen LogP contribution is -2.31. The third-order valence-electron chi connectivity index (χ3n) is 7.67. The SMILES string of the molecule is CCCCCCOc1ccc(C2C(C(=O)c3cc4cccc(OC)c4o3)=C(O)C(=O)N2c2nnc(SCc3ccccc3)s2)cc1. The number of aliphatic hydroxyl groups excluding tert-OH is 1. The van der Waals surface area contributed by atoms with Gasteiger partial charge >= 0.3 is 0 Å². The number of benzene rings is 3. The second kappa shape index (κ2) is 14.2. The van der Waals surface area contributed by atoms with Gasteiger partial charge in [0.2, 0.25) is 10.9 Å². The molecular weight excluding hydrogens is 623 g/mol. The molecule has 1 aliphatic heterocycles. The largest absolute Gasteiger partial charge is 0.503 e. The fraction of sp³-hybridized carbons (Fsp3) is 0.257. The maximum absolute atomic E-state index is 14.1. The number of hydrogen-bond donors (Lipinski definition) is 1. The summed E-state index contributed by atoms with van der Waals surface area (Å²) < 4.78 is 17.9. The van der Waals surface area contributed by atoms with Crippen molar-refractivity contribution in [3.8, 4) is 11.5 Å². The smallest absolute Gasteiger partial charge is 0.296 e. The molecule has 5 aromatic rings. The van der Waals surface area contributed by atoms with E-state index in [1.165, 1.54) is 35.1 Å². The highest BCUT2D eigenvalue weighted by Crippen LogP contribution is 2.45. The molecule has 6 rings (SSSR count). The Labute approximate surface area is 274 Å². The molecular formula is C35H33N3O6S2. The van der Waals surface area contributed by atoms with E-state index >= 15 is 0 Å². The van der Waals surface area contributed by atoms with E-state index in [-0.39, 0.29) is 16.5 Å². The summed E-state index contributed by atoms with van der Waals surface area (Å²) in [5, 5.41) is 20.8. The number of Topliss-reactive ketones (excluding diaryl/α,β-unsaturated/α-hetero) is 1. The van der Waals surface area contributed by atoms with Gasteiger partial charge in [-0.05, 0) is 41.8 Å². The van der Waals surface area contributed by atoms with Crippen molar-refractivity contribution >= 4 is 50.9 Å². The van der Waals surface area contributed by atoms with Gasteiger partial charge < -0.3 is 19.0 Å². The van der Waals surface area contributed by atoms with Crippen molar-refractivity contribution in [2.24, 2.45) is 0 Å². The number of rotatable bonds is 14. The molecule has 0 bridgehead atoms. The maximum atomic E-state index is 14.1. The lowest BCUT2D eigenvalue weighted by atomic mass is 9.95. The molecule has 0 saturated carbocycles.